The second kappa shape index (κ2) is 11.2. The molecular formula is C24H42O4P2. The number of hydrogen-bond acceptors (Lipinski definition) is 4. The Morgan fingerprint density at radius 3 is 2.50 bits per heavy atom. The quantitative estimate of drug-likeness (QED) is 0.376. The zero-order chi connectivity index (χ0) is 22.5. The van der Waals surface area contributed by atoms with Gasteiger partial charge in [-0.3, -0.25) is 0 Å². The first-order chi connectivity index (χ1) is 14.0. The highest BCUT2D eigenvalue weighted by molar-refractivity contribution is 7.72. The maximum Gasteiger partial charge on any atom is 0.162 e. The van der Waals surface area contributed by atoms with Crippen LogP contribution in [-0.2, 0) is 14.2 Å². The first-order valence-electron chi connectivity index (χ1n) is 11.2. The van der Waals surface area contributed by atoms with Crippen LogP contribution in [0.25, 0.3) is 0 Å². The first kappa shape index (κ1) is 26.2. The number of hydrogen-bond donors (Lipinski definition) is 1. The molecule has 172 valence electrons. The van der Waals surface area contributed by atoms with Crippen LogP contribution >= 0.6 is 15.8 Å². The van der Waals surface area contributed by atoms with Gasteiger partial charge in [0.2, 0.25) is 0 Å². The zero-order valence-electron chi connectivity index (χ0n) is 20.1. The summed E-state index contributed by atoms with van der Waals surface area (Å²) in [7, 11) is 1.10. The van der Waals surface area contributed by atoms with Gasteiger partial charge in [-0.2, -0.15) is 0 Å². The average molecular weight is 457 g/mol. The smallest absolute Gasteiger partial charge is 0.162 e. The van der Waals surface area contributed by atoms with Crippen molar-refractivity contribution in [3.63, 3.8) is 0 Å². The van der Waals surface area contributed by atoms with E-state index in [1.54, 1.807) is 31.6 Å². The molecule has 1 N–H and O–H groups in total. The van der Waals surface area contributed by atoms with Gasteiger partial charge in [-0.05, 0) is 70.1 Å². The molecule has 0 saturated carbocycles. The fraction of sp³-hybridized carbons (Fsp3) is 0.750. The van der Waals surface area contributed by atoms with Crippen LogP contribution in [-0.4, -0.2) is 60.1 Å². The summed E-state index contributed by atoms with van der Waals surface area (Å²) in [4.78, 5) is 0. The topological polar surface area (TPSA) is 47.9 Å². The van der Waals surface area contributed by atoms with Crippen LogP contribution in [0.1, 0.15) is 61.3 Å². The van der Waals surface area contributed by atoms with E-state index in [0.717, 1.165) is 12.6 Å². The summed E-state index contributed by atoms with van der Waals surface area (Å²) in [6, 6.07) is 9.07. The highest BCUT2D eigenvalue weighted by atomic mass is 31.1. The normalized spacial score (nSPS) is 24.8. The van der Waals surface area contributed by atoms with Crippen molar-refractivity contribution in [3.8, 4) is 0 Å². The molecule has 0 aliphatic carbocycles. The monoisotopic (exact) mass is 456 g/mol. The Kier molecular flexibility index (Phi) is 9.75. The Balaban J connectivity index is 2.22. The molecule has 1 aromatic rings. The molecular weight excluding hydrogens is 414 g/mol. The minimum atomic E-state index is -1.07. The standard InChI is InChI=1S/C24H42O4P2/c1-9-15-29(17-18(2)27-24(6,7)26-8)21-12-10-11-13-22(21)30-16-14-20(19(30)3)28-23(4,5)25/h10-13,18-20,25H,9,14-17H2,1-8H3. The number of rotatable bonds is 11. The minimum Gasteiger partial charge on any atom is -0.366 e. The fourth-order valence-electron chi connectivity index (χ4n) is 4.21. The Labute approximate surface area is 186 Å². The molecule has 1 heterocycles. The van der Waals surface area contributed by atoms with Crippen molar-refractivity contribution in [1.29, 1.82) is 0 Å². The number of ether oxygens (including phenoxy) is 3. The fourth-order valence-corrected chi connectivity index (χ4v) is 10.5. The van der Waals surface area contributed by atoms with Crippen molar-refractivity contribution >= 4 is 26.5 Å². The third kappa shape index (κ3) is 7.51. The maximum absolute atomic E-state index is 10.1. The summed E-state index contributed by atoms with van der Waals surface area (Å²) >= 11 is 0. The van der Waals surface area contributed by atoms with Crippen molar-refractivity contribution in [2.75, 3.05) is 25.6 Å². The van der Waals surface area contributed by atoms with E-state index in [2.05, 4.69) is 45.0 Å². The predicted molar refractivity (Wildman–Crippen MR) is 131 cm³/mol. The lowest BCUT2D eigenvalue weighted by molar-refractivity contribution is -0.215. The molecule has 5 atom stereocenters. The van der Waals surface area contributed by atoms with Gasteiger partial charge < -0.3 is 19.3 Å². The Hall–Kier alpha value is -0.0800. The lowest BCUT2D eigenvalue weighted by Gasteiger charge is -2.32. The summed E-state index contributed by atoms with van der Waals surface area (Å²) in [5, 5.41) is 13.2. The van der Waals surface area contributed by atoms with Crippen LogP contribution < -0.4 is 10.6 Å². The van der Waals surface area contributed by atoms with Gasteiger partial charge in [0.1, 0.15) is 0 Å². The Morgan fingerprint density at radius 2 is 1.90 bits per heavy atom. The summed E-state index contributed by atoms with van der Waals surface area (Å²) < 4.78 is 17.7. The second-order valence-corrected chi connectivity index (χ2v) is 14.3. The largest absolute Gasteiger partial charge is 0.366 e. The van der Waals surface area contributed by atoms with E-state index in [9.17, 15) is 5.11 Å². The van der Waals surface area contributed by atoms with Crippen LogP contribution in [0, 0.1) is 0 Å². The van der Waals surface area contributed by atoms with E-state index >= 15 is 0 Å². The Bertz CT molecular complexity index is 659. The molecule has 0 bridgehead atoms. The molecule has 1 aliphatic rings. The van der Waals surface area contributed by atoms with Gasteiger partial charge in [0.15, 0.2) is 11.6 Å². The van der Waals surface area contributed by atoms with Crippen LogP contribution in [0.3, 0.4) is 0 Å². The lowest BCUT2D eigenvalue weighted by atomic mass is 10.2. The van der Waals surface area contributed by atoms with Crippen molar-refractivity contribution in [2.45, 2.75) is 90.7 Å². The van der Waals surface area contributed by atoms with Crippen LogP contribution in [0.2, 0.25) is 0 Å². The average Bonchev–Trinajstić information content (AvgIpc) is 2.99. The lowest BCUT2D eigenvalue weighted by Crippen LogP contribution is -2.35. The van der Waals surface area contributed by atoms with E-state index in [0.29, 0.717) is 5.66 Å². The van der Waals surface area contributed by atoms with Crippen LogP contribution in [0.4, 0.5) is 0 Å². The second-order valence-electron chi connectivity index (χ2n) is 9.29. The van der Waals surface area contributed by atoms with Gasteiger partial charge in [-0.25, -0.2) is 0 Å². The van der Waals surface area contributed by atoms with Gasteiger partial charge in [-0.1, -0.05) is 60.4 Å². The molecule has 6 heteroatoms. The molecule has 0 amide bonds. The molecule has 4 nitrogen and oxygen atoms in total. The highest BCUT2D eigenvalue weighted by Crippen LogP contribution is 2.52. The van der Waals surface area contributed by atoms with E-state index in [1.807, 2.05) is 13.8 Å². The molecule has 1 aromatic carbocycles. The predicted octanol–water partition coefficient (Wildman–Crippen LogP) is 5.00. The molecule has 0 spiro atoms. The van der Waals surface area contributed by atoms with E-state index < -0.39 is 11.6 Å². The Morgan fingerprint density at radius 1 is 1.23 bits per heavy atom. The van der Waals surface area contributed by atoms with E-state index in [4.69, 9.17) is 14.2 Å². The van der Waals surface area contributed by atoms with Gasteiger partial charge in [0, 0.05) is 12.8 Å². The molecule has 5 unspecified atom stereocenters. The summed E-state index contributed by atoms with van der Waals surface area (Å²) in [5.41, 5.74) is 0.451. The third-order valence-corrected chi connectivity index (χ3v) is 11.9. The highest BCUT2D eigenvalue weighted by Gasteiger charge is 2.38. The van der Waals surface area contributed by atoms with Crippen molar-refractivity contribution in [3.05, 3.63) is 24.3 Å². The maximum atomic E-state index is 10.1. The van der Waals surface area contributed by atoms with E-state index in [1.165, 1.54) is 18.7 Å². The van der Waals surface area contributed by atoms with Gasteiger partial charge in [0.05, 0.1) is 12.2 Å². The molecule has 0 radical (unpaired) electrons. The molecule has 2 rings (SSSR count). The molecule has 1 saturated heterocycles. The third-order valence-electron chi connectivity index (χ3n) is 5.60. The van der Waals surface area contributed by atoms with Gasteiger partial charge >= 0.3 is 0 Å². The summed E-state index contributed by atoms with van der Waals surface area (Å²) in [6.07, 6.45) is 5.92. The van der Waals surface area contributed by atoms with Gasteiger partial charge in [0.25, 0.3) is 0 Å². The number of benzene rings is 1. The van der Waals surface area contributed by atoms with Crippen LogP contribution in [0.5, 0.6) is 0 Å². The van der Waals surface area contributed by atoms with Crippen molar-refractivity contribution in [1.82, 2.24) is 0 Å². The zero-order valence-corrected chi connectivity index (χ0v) is 21.9. The molecule has 1 aliphatic heterocycles. The SMILES string of the molecule is CCCP(CC(C)OC(C)(C)OC)c1ccccc1P1CCC(OC(C)(C)O)C1C. The van der Waals surface area contributed by atoms with Gasteiger partial charge in [-0.15, -0.1) is 0 Å². The molecule has 0 aromatic heterocycles. The number of methoxy groups -OCH3 is 1. The minimum absolute atomic E-state index is 0.131. The summed E-state index contributed by atoms with van der Waals surface area (Å²) in [6.45, 7) is 14.2. The molecule has 1 fully saturated rings. The van der Waals surface area contributed by atoms with Crippen molar-refractivity contribution in [2.24, 2.45) is 0 Å². The van der Waals surface area contributed by atoms with Crippen molar-refractivity contribution < 1.29 is 19.3 Å². The number of aliphatic hydroxyl groups is 1. The van der Waals surface area contributed by atoms with E-state index in [-0.39, 0.29) is 28.1 Å². The van der Waals surface area contributed by atoms with Crippen LogP contribution in [0.15, 0.2) is 24.3 Å². The first-order valence-corrected chi connectivity index (χ1v) is 14.5. The summed E-state index contributed by atoms with van der Waals surface area (Å²) in [5.74, 6) is -1.63. The molecule has 30 heavy (non-hydrogen) atoms.